The summed E-state index contributed by atoms with van der Waals surface area (Å²) >= 11 is 13.5. The van der Waals surface area contributed by atoms with E-state index in [9.17, 15) is 4.79 Å². The second-order valence-electron chi connectivity index (χ2n) is 6.56. The molecule has 1 N–H and O–H groups in total. The van der Waals surface area contributed by atoms with Crippen LogP contribution in [0.25, 0.3) is 0 Å². The molecule has 0 bridgehead atoms. The quantitative estimate of drug-likeness (QED) is 0.793. The Hall–Kier alpha value is -1.14. The minimum Gasteiger partial charge on any atom is -0.301 e. The van der Waals surface area contributed by atoms with Gasteiger partial charge in [0, 0.05) is 17.5 Å². The third kappa shape index (κ3) is 5.42. The number of aromatic nitrogens is 1. The van der Waals surface area contributed by atoms with Crippen LogP contribution in [0.15, 0.2) is 24.4 Å². The third-order valence-corrected chi connectivity index (χ3v) is 6.06. The number of thiazole rings is 1. The lowest BCUT2D eigenvalue weighted by Gasteiger charge is -2.29. The second-order valence-corrected chi connectivity index (χ2v) is 8.49. The van der Waals surface area contributed by atoms with Crippen molar-refractivity contribution in [1.82, 2.24) is 9.88 Å². The summed E-state index contributed by atoms with van der Waals surface area (Å²) in [4.78, 5) is 19.8. The van der Waals surface area contributed by atoms with Crippen LogP contribution in [0.4, 0.5) is 5.13 Å². The van der Waals surface area contributed by atoms with Gasteiger partial charge in [0.15, 0.2) is 5.13 Å². The molecule has 7 heteroatoms. The van der Waals surface area contributed by atoms with Gasteiger partial charge in [-0.1, -0.05) is 36.2 Å². The predicted octanol–water partition coefficient (Wildman–Crippen LogP) is 4.71. The molecule has 0 atom stereocenters. The number of carbonyl (C=O) groups is 1. The van der Waals surface area contributed by atoms with Crippen LogP contribution in [0.5, 0.6) is 0 Å². The van der Waals surface area contributed by atoms with Gasteiger partial charge in [-0.05, 0) is 49.5 Å². The summed E-state index contributed by atoms with van der Waals surface area (Å²) in [6, 6.07) is 5.60. The van der Waals surface area contributed by atoms with Gasteiger partial charge in [-0.25, -0.2) is 4.98 Å². The Morgan fingerprint density at radius 3 is 2.80 bits per heavy atom. The number of carbonyl (C=O) groups excluding carboxylic acids is 1. The summed E-state index contributed by atoms with van der Waals surface area (Å²) in [7, 11) is 0. The van der Waals surface area contributed by atoms with Crippen LogP contribution in [0.3, 0.4) is 0 Å². The Bertz CT molecular complexity index is 742. The van der Waals surface area contributed by atoms with Gasteiger partial charge in [0.2, 0.25) is 5.91 Å². The van der Waals surface area contributed by atoms with Crippen molar-refractivity contribution in [1.29, 1.82) is 0 Å². The van der Waals surface area contributed by atoms with Crippen molar-refractivity contribution in [3.05, 3.63) is 44.9 Å². The van der Waals surface area contributed by atoms with Crippen molar-refractivity contribution in [3.8, 4) is 0 Å². The Labute approximate surface area is 162 Å². The molecule has 1 amide bonds. The lowest BCUT2D eigenvalue weighted by Crippen LogP contribution is -2.38. The molecule has 1 aliphatic heterocycles. The molecule has 1 aromatic carbocycles. The summed E-state index contributed by atoms with van der Waals surface area (Å²) < 4.78 is 0. The highest BCUT2D eigenvalue weighted by atomic mass is 35.5. The highest BCUT2D eigenvalue weighted by molar-refractivity contribution is 7.15. The molecule has 25 heavy (non-hydrogen) atoms. The Balaban J connectivity index is 1.52. The molecule has 1 aliphatic rings. The van der Waals surface area contributed by atoms with Gasteiger partial charge in [-0.15, -0.1) is 11.3 Å². The van der Waals surface area contributed by atoms with E-state index in [-0.39, 0.29) is 5.91 Å². The van der Waals surface area contributed by atoms with E-state index in [1.807, 2.05) is 12.1 Å². The first kappa shape index (κ1) is 18.6. The van der Waals surface area contributed by atoms with Crippen LogP contribution in [-0.4, -0.2) is 35.4 Å². The highest BCUT2D eigenvalue weighted by Gasteiger charge is 2.18. The molecule has 0 saturated carbocycles. The van der Waals surface area contributed by atoms with Gasteiger partial charge in [0.25, 0.3) is 0 Å². The molecule has 2 heterocycles. The number of piperidine rings is 1. The first-order valence-corrected chi connectivity index (χ1v) is 9.97. The largest absolute Gasteiger partial charge is 0.301 e. The number of hydrogen-bond donors (Lipinski definition) is 1. The van der Waals surface area contributed by atoms with Crippen LogP contribution in [-0.2, 0) is 11.2 Å². The Morgan fingerprint density at radius 2 is 2.08 bits per heavy atom. The van der Waals surface area contributed by atoms with Crippen LogP contribution in [0.2, 0.25) is 10.0 Å². The van der Waals surface area contributed by atoms with E-state index in [1.54, 1.807) is 12.3 Å². The summed E-state index contributed by atoms with van der Waals surface area (Å²) in [6.07, 6.45) is 4.84. The first-order valence-electron chi connectivity index (χ1n) is 8.40. The molecule has 1 aromatic heterocycles. The fourth-order valence-corrected chi connectivity index (χ4v) is 4.06. The van der Waals surface area contributed by atoms with Crippen LogP contribution in [0, 0.1) is 5.92 Å². The third-order valence-electron chi connectivity index (χ3n) is 4.41. The van der Waals surface area contributed by atoms with Gasteiger partial charge in [0.1, 0.15) is 0 Å². The number of nitrogens with zero attached hydrogens (tertiary/aromatic N) is 2. The maximum Gasteiger partial charge on any atom is 0.240 e. The molecular weight excluding hydrogens is 377 g/mol. The molecule has 0 spiro atoms. The number of amides is 1. The first-order chi connectivity index (χ1) is 12.0. The molecule has 0 radical (unpaired) electrons. The molecule has 2 aromatic rings. The van der Waals surface area contributed by atoms with E-state index >= 15 is 0 Å². The minimum atomic E-state index is 0.00462. The minimum absolute atomic E-state index is 0.00462. The monoisotopic (exact) mass is 397 g/mol. The molecular formula is C18H21Cl2N3OS. The van der Waals surface area contributed by atoms with E-state index in [4.69, 9.17) is 23.2 Å². The van der Waals surface area contributed by atoms with Crippen molar-refractivity contribution < 1.29 is 4.79 Å². The zero-order valence-corrected chi connectivity index (χ0v) is 16.4. The normalized spacial score (nSPS) is 16.1. The van der Waals surface area contributed by atoms with E-state index in [0.29, 0.717) is 28.1 Å². The van der Waals surface area contributed by atoms with Gasteiger partial charge in [-0.2, -0.15) is 0 Å². The average Bonchev–Trinajstić information content (AvgIpc) is 3.00. The van der Waals surface area contributed by atoms with E-state index < -0.39 is 0 Å². The van der Waals surface area contributed by atoms with Crippen molar-refractivity contribution in [2.45, 2.75) is 26.2 Å². The smallest absolute Gasteiger partial charge is 0.240 e. The molecule has 3 rings (SSSR count). The van der Waals surface area contributed by atoms with E-state index in [0.717, 1.165) is 29.4 Å². The number of hydrogen-bond acceptors (Lipinski definition) is 4. The Kier molecular flexibility index (Phi) is 6.34. The number of rotatable bonds is 5. The van der Waals surface area contributed by atoms with Gasteiger partial charge in [-0.3, -0.25) is 9.69 Å². The average molecular weight is 398 g/mol. The van der Waals surface area contributed by atoms with Gasteiger partial charge < -0.3 is 5.32 Å². The van der Waals surface area contributed by atoms with Crippen LogP contribution < -0.4 is 5.32 Å². The fourth-order valence-electron chi connectivity index (χ4n) is 2.88. The topological polar surface area (TPSA) is 45.2 Å². The molecule has 1 saturated heterocycles. The van der Waals surface area contributed by atoms with Crippen molar-refractivity contribution in [2.24, 2.45) is 5.92 Å². The molecule has 0 aliphatic carbocycles. The zero-order valence-electron chi connectivity index (χ0n) is 14.1. The van der Waals surface area contributed by atoms with Crippen molar-refractivity contribution >= 4 is 45.6 Å². The predicted molar refractivity (Wildman–Crippen MR) is 105 cm³/mol. The van der Waals surface area contributed by atoms with E-state index in [2.05, 4.69) is 22.1 Å². The number of halogens is 2. The van der Waals surface area contributed by atoms with Crippen LogP contribution >= 0.6 is 34.5 Å². The SMILES string of the molecule is CC1CCN(CC(=O)Nc2ncc(Cc3ccc(Cl)c(Cl)c3)s2)CC1. The molecule has 0 unspecified atom stereocenters. The number of nitrogens with one attached hydrogen (secondary N) is 1. The fraction of sp³-hybridized carbons (Fsp3) is 0.444. The summed E-state index contributed by atoms with van der Waals surface area (Å²) in [5, 5.41) is 4.65. The molecule has 4 nitrogen and oxygen atoms in total. The number of likely N-dealkylation sites (tertiary alicyclic amines) is 1. The summed E-state index contributed by atoms with van der Waals surface area (Å²) in [5.41, 5.74) is 1.07. The number of benzene rings is 1. The maximum absolute atomic E-state index is 12.2. The summed E-state index contributed by atoms with van der Waals surface area (Å²) in [5.74, 6) is 0.771. The second kappa shape index (κ2) is 8.49. The summed E-state index contributed by atoms with van der Waals surface area (Å²) in [6.45, 7) is 4.70. The standard InChI is InChI=1S/C18H21Cl2N3OS/c1-12-4-6-23(7-5-12)11-17(24)22-18-21-10-14(25-18)8-13-2-3-15(19)16(20)9-13/h2-3,9-10,12H,4-8,11H2,1H3,(H,21,22,24). The molecule has 1 fully saturated rings. The van der Waals surface area contributed by atoms with Gasteiger partial charge in [0.05, 0.1) is 16.6 Å². The zero-order chi connectivity index (χ0) is 17.8. The van der Waals surface area contributed by atoms with Crippen molar-refractivity contribution in [3.63, 3.8) is 0 Å². The molecule has 134 valence electrons. The van der Waals surface area contributed by atoms with E-state index in [1.165, 1.54) is 24.2 Å². The highest BCUT2D eigenvalue weighted by Crippen LogP contribution is 2.26. The van der Waals surface area contributed by atoms with Crippen molar-refractivity contribution in [2.75, 3.05) is 25.0 Å². The van der Waals surface area contributed by atoms with Crippen LogP contribution in [0.1, 0.15) is 30.2 Å². The number of anilines is 1. The lowest BCUT2D eigenvalue weighted by atomic mass is 9.99. The van der Waals surface area contributed by atoms with Gasteiger partial charge >= 0.3 is 0 Å². The lowest BCUT2D eigenvalue weighted by molar-refractivity contribution is -0.117. The Morgan fingerprint density at radius 1 is 1.32 bits per heavy atom. The maximum atomic E-state index is 12.2.